The quantitative estimate of drug-likeness (QED) is 0.673. The predicted molar refractivity (Wildman–Crippen MR) is 61.3 cm³/mol. The van der Waals surface area contributed by atoms with Crippen LogP contribution in [-0.4, -0.2) is 14.8 Å². The highest BCUT2D eigenvalue weighted by Gasteiger charge is 2.12. The molecule has 0 aliphatic carbocycles. The molecule has 0 bridgehead atoms. The maximum absolute atomic E-state index is 13.5. The Labute approximate surface area is 101 Å². The fraction of sp³-hybridized carbons (Fsp3) is 0.200. The summed E-state index contributed by atoms with van der Waals surface area (Å²) in [6.45, 7) is 0. The highest BCUT2D eigenvalue weighted by Crippen LogP contribution is 2.29. The molecular weight excluding hydrogens is 246 g/mol. The number of aromatic nitrogens is 3. The normalized spacial score (nSPS) is 10.8. The van der Waals surface area contributed by atoms with Crippen molar-refractivity contribution < 1.29 is 8.78 Å². The van der Waals surface area contributed by atoms with E-state index in [0.29, 0.717) is 11.6 Å². The number of nitrogens with two attached hydrogens (primary N) is 1. The Morgan fingerprint density at radius 1 is 1.35 bits per heavy atom. The predicted octanol–water partition coefficient (Wildman–Crippen LogP) is 1.97. The van der Waals surface area contributed by atoms with Gasteiger partial charge >= 0.3 is 0 Å². The molecule has 1 aromatic carbocycles. The topological polar surface area (TPSA) is 56.7 Å². The fourth-order valence-electron chi connectivity index (χ4n) is 1.30. The van der Waals surface area contributed by atoms with Crippen molar-refractivity contribution in [3.05, 3.63) is 35.9 Å². The number of aryl methyl sites for hydroxylation is 1. The van der Waals surface area contributed by atoms with Gasteiger partial charge in [-0.15, -0.1) is 11.8 Å². The minimum absolute atomic E-state index is 0.0535. The van der Waals surface area contributed by atoms with Gasteiger partial charge in [0.15, 0.2) is 0 Å². The van der Waals surface area contributed by atoms with E-state index >= 15 is 0 Å². The van der Waals surface area contributed by atoms with Crippen LogP contribution >= 0.6 is 11.8 Å². The monoisotopic (exact) mass is 256 g/mol. The van der Waals surface area contributed by atoms with Gasteiger partial charge in [0.1, 0.15) is 23.8 Å². The van der Waals surface area contributed by atoms with Crippen LogP contribution < -0.4 is 5.73 Å². The third-order valence-electron chi connectivity index (χ3n) is 2.17. The van der Waals surface area contributed by atoms with E-state index in [0.717, 1.165) is 23.9 Å². The maximum Gasteiger partial charge on any atom is 0.141 e. The Morgan fingerprint density at radius 2 is 2.00 bits per heavy atom. The lowest BCUT2D eigenvalue weighted by Gasteiger charge is -2.05. The van der Waals surface area contributed by atoms with Gasteiger partial charge in [-0.1, -0.05) is 0 Å². The SMILES string of the molecule is Cn1ncnc1CSc1c(F)cc(N)cc1F. The Bertz CT molecular complexity index is 518. The zero-order chi connectivity index (χ0) is 12.4. The molecule has 0 atom stereocenters. The second-order valence-electron chi connectivity index (χ2n) is 3.40. The van der Waals surface area contributed by atoms with Crippen molar-refractivity contribution in [3.63, 3.8) is 0 Å². The molecule has 2 rings (SSSR count). The highest BCUT2D eigenvalue weighted by atomic mass is 32.2. The maximum atomic E-state index is 13.5. The molecule has 2 aromatic rings. The summed E-state index contributed by atoms with van der Waals surface area (Å²) in [6.07, 6.45) is 1.39. The van der Waals surface area contributed by atoms with Crippen molar-refractivity contribution in [2.24, 2.45) is 7.05 Å². The summed E-state index contributed by atoms with van der Waals surface area (Å²) >= 11 is 1.03. The molecule has 17 heavy (non-hydrogen) atoms. The molecule has 2 N–H and O–H groups in total. The summed E-state index contributed by atoms with van der Waals surface area (Å²) in [5.41, 5.74) is 5.40. The van der Waals surface area contributed by atoms with Crippen LogP contribution in [0, 0.1) is 11.6 Å². The number of hydrogen-bond donors (Lipinski definition) is 1. The van der Waals surface area contributed by atoms with Crippen LogP contribution in [0.25, 0.3) is 0 Å². The molecule has 0 spiro atoms. The van der Waals surface area contributed by atoms with Crippen LogP contribution in [0.5, 0.6) is 0 Å². The van der Waals surface area contributed by atoms with E-state index in [1.165, 1.54) is 6.33 Å². The second-order valence-corrected chi connectivity index (χ2v) is 4.39. The highest BCUT2D eigenvalue weighted by molar-refractivity contribution is 7.98. The molecule has 0 unspecified atom stereocenters. The molecule has 0 aliphatic heterocycles. The average molecular weight is 256 g/mol. The summed E-state index contributed by atoms with van der Waals surface area (Å²) in [6, 6.07) is 2.20. The molecular formula is C10H10F2N4S. The zero-order valence-electron chi connectivity index (χ0n) is 9.02. The van der Waals surface area contributed by atoms with Crippen molar-refractivity contribution in [1.82, 2.24) is 14.8 Å². The molecule has 0 fully saturated rings. The first-order valence-corrected chi connectivity index (χ1v) is 5.76. The van der Waals surface area contributed by atoms with Crippen LogP contribution in [0.1, 0.15) is 5.82 Å². The second kappa shape index (κ2) is 4.70. The summed E-state index contributed by atoms with van der Waals surface area (Å²) in [5.74, 6) is -0.330. The molecule has 90 valence electrons. The van der Waals surface area contributed by atoms with Crippen LogP contribution in [-0.2, 0) is 12.8 Å². The van der Waals surface area contributed by atoms with Crippen LogP contribution in [0.15, 0.2) is 23.4 Å². The van der Waals surface area contributed by atoms with E-state index in [1.54, 1.807) is 11.7 Å². The van der Waals surface area contributed by atoms with Gasteiger partial charge in [-0.05, 0) is 12.1 Å². The van der Waals surface area contributed by atoms with Crippen LogP contribution in [0.2, 0.25) is 0 Å². The fourth-order valence-corrected chi connectivity index (χ4v) is 2.23. The van der Waals surface area contributed by atoms with E-state index in [1.807, 2.05) is 0 Å². The van der Waals surface area contributed by atoms with Crippen molar-refractivity contribution in [3.8, 4) is 0 Å². The minimum atomic E-state index is -0.658. The molecule has 0 saturated carbocycles. The number of halogens is 2. The number of rotatable bonds is 3. The van der Waals surface area contributed by atoms with Gasteiger partial charge in [-0.25, -0.2) is 13.8 Å². The van der Waals surface area contributed by atoms with E-state index in [9.17, 15) is 8.78 Å². The molecule has 1 heterocycles. The lowest BCUT2D eigenvalue weighted by molar-refractivity contribution is 0.541. The van der Waals surface area contributed by atoms with Gasteiger partial charge < -0.3 is 5.73 Å². The minimum Gasteiger partial charge on any atom is -0.399 e. The number of thioether (sulfide) groups is 1. The molecule has 7 heteroatoms. The van der Waals surface area contributed by atoms with Gasteiger partial charge in [-0.2, -0.15) is 5.10 Å². The molecule has 4 nitrogen and oxygen atoms in total. The average Bonchev–Trinajstić information content (AvgIpc) is 2.62. The molecule has 0 saturated heterocycles. The summed E-state index contributed by atoms with van der Waals surface area (Å²) < 4.78 is 28.5. The first-order valence-electron chi connectivity index (χ1n) is 4.78. The van der Waals surface area contributed by atoms with Crippen LogP contribution in [0.4, 0.5) is 14.5 Å². The summed E-state index contributed by atoms with van der Waals surface area (Å²) in [4.78, 5) is 3.92. The largest absolute Gasteiger partial charge is 0.399 e. The summed E-state index contributed by atoms with van der Waals surface area (Å²) in [5, 5.41) is 3.87. The molecule has 1 aromatic heterocycles. The molecule has 0 aliphatic rings. The van der Waals surface area contributed by atoms with Gasteiger partial charge in [0, 0.05) is 12.7 Å². The molecule has 0 amide bonds. The lowest BCUT2D eigenvalue weighted by atomic mass is 10.3. The number of hydrogen-bond acceptors (Lipinski definition) is 4. The lowest BCUT2D eigenvalue weighted by Crippen LogP contribution is -1.99. The third kappa shape index (κ3) is 2.55. The van der Waals surface area contributed by atoms with Crippen LogP contribution in [0.3, 0.4) is 0 Å². The Morgan fingerprint density at radius 3 is 2.53 bits per heavy atom. The third-order valence-corrected chi connectivity index (χ3v) is 3.25. The van der Waals surface area contributed by atoms with Crippen molar-refractivity contribution in [2.45, 2.75) is 10.6 Å². The van der Waals surface area contributed by atoms with Gasteiger partial charge in [0.25, 0.3) is 0 Å². The first-order chi connectivity index (χ1) is 8.08. The number of nitrogen functional groups attached to an aromatic ring is 1. The molecule has 0 radical (unpaired) electrons. The van der Waals surface area contributed by atoms with E-state index in [2.05, 4.69) is 10.1 Å². The Kier molecular flexibility index (Phi) is 3.28. The number of anilines is 1. The summed E-state index contributed by atoms with van der Waals surface area (Å²) in [7, 11) is 1.72. The van der Waals surface area contributed by atoms with E-state index < -0.39 is 11.6 Å². The number of benzene rings is 1. The zero-order valence-corrected chi connectivity index (χ0v) is 9.84. The van der Waals surface area contributed by atoms with E-state index in [4.69, 9.17) is 5.73 Å². The van der Waals surface area contributed by atoms with E-state index in [-0.39, 0.29) is 10.6 Å². The Balaban J connectivity index is 2.17. The van der Waals surface area contributed by atoms with Crippen molar-refractivity contribution >= 4 is 17.4 Å². The van der Waals surface area contributed by atoms with Crippen molar-refractivity contribution in [1.29, 1.82) is 0 Å². The standard InChI is InChI=1S/C10H10F2N4S/c1-16-9(14-5-15-16)4-17-10-7(11)2-6(13)3-8(10)12/h2-3,5H,4,13H2,1H3. The van der Waals surface area contributed by atoms with Gasteiger partial charge in [0.2, 0.25) is 0 Å². The Hall–Kier alpha value is -1.63. The van der Waals surface area contributed by atoms with Gasteiger partial charge in [-0.3, -0.25) is 4.68 Å². The number of nitrogens with zero attached hydrogens (tertiary/aromatic N) is 3. The van der Waals surface area contributed by atoms with Crippen molar-refractivity contribution in [2.75, 3.05) is 5.73 Å². The first kappa shape index (κ1) is 11.8. The van der Waals surface area contributed by atoms with Gasteiger partial charge in [0.05, 0.1) is 10.6 Å². The smallest absolute Gasteiger partial charge is 0.141 e.